The van der Waals surface area contributed by atoms with Crippen LogP contribution in [0.4, 0.5) is 14.5 Å². The van der Waals surface area contributed by atoms with E-state index in [1.807, 2.05) is 0 Å². The van der Waals surface area contributed by atoms with Crippen LogP contribution >= 0.6 is 11.3 Å². The standard InChI is InChI=1S/C20H17F2N3O5S/c21-13-7-10(25(28)29)8-14(22)12(13)9-30-17(26)6-5-16-23-19(27)18-11-3-1-2-4-15(11)31-20(18)24-16/h7-8H,1-6,9H2,(H,23,24,27). The molecule has 0 radical (unpaired) electrons. The Morgan fingerprint density at radius 1 is 1.26 bits per heavy atom. The topological polar surface area (TPSA) is 115 Å². The minimum atomic E-state index is -1.17. The Labute approximate surface area is 178 Å². The van der Waals surface area contributed by atoms with Gasteiger partial charge < -0.3 is 9.72 Å². The van der Waals surface area contributed by atoms with Crippen molar-refractivity contribution in [3.05, 3.63) is 66.1 Å². The van der Waals surface area contributed by atoms with Crippen LogP contribution in [-0.2, 0) is 35.4 Å². The molecule has 31 heavy (non-hydrogen) atoms. The highest BCUT2D eigenvalue weighted by atomic mass is 32.1. The second-order valence-corrected chi connectivity index (χ2v) is 8.29. The van der Waals surface area contributed by atoms with Crippen LogP contribution in [0.2, 0.25) is 0 Å². The Kier molecular flexibility index (Phi) is 5.77. The van der Waals surface area contributed by atoms with Gasteiger partial charge in [0.15, 0.2) is 0 Å². The molecular formula is C20H17F2N3O5S. The highest BCUT2D eigenvalue weighted by molar-refractivity contribution is 7.18. The van der Waals surface area contributed by atoms with Gasteiger partial charge in [-0.2, -0.15) is 0 Å². The van der Waals surface area contributed by atoms with Gasteiger partial charge in [0.25, 0.3) is 11.2 Å². The molecule has 11 heteroatoms. The first-order valence-electron chi connectivity index (χ1n) is 9.65. The second kappa shape index (κ2) is 8.50. The van der Waals surface area contributed by atoms with Crippen LogP contribution in [0.3, 0.4) is 0 Å². The van der Waals surface area contributed by atoms with E-state index in [9.17, 15) is 28.5 Å². The summed E-state index contributed by atoms with van der Waals surface area (Å²) in [7, 11) is 0. The highest BCUT2D eigenvalue weighted by Gasteiger charge is 2.21. The molecule has 1 aromatic carbocycles. The van der Waals surface area contributed by atoms with Crippen LogP contribution in [0.25, 0.3) is 10.2 Å². The second-order valence-electron chi connectivity index (χ2n) is 7.21. The monoisotopic (exact) mass is 449 g/mol. The van der Waals surface area contributed by atoms with Crippen LogP contribution in [-0.4, -0.2) is 20.9 Å². The summed E-state index contributed by atoms with van der Waals surface area (Å²) in [6.45, 7) is -0.699. The number of nitro benzene ring substituents is 1. The van der Waals surface area contributed by atoms with Crippen molar-refractivity contribution in [3.63, 3.8) is 0 Å². The third-order valence-corrected chi connectivity index (χ3v) is 6.34. The summed E-state index contributed by atoms with van der Waals surface area (Å²) in [5.41, 5.74) is -0.470. The maximum Gasteiger partial charge on any atom is 0.306 e. The van der Waals surface area contributed by atoms with Crippen LogP contribution < -0.4 is 5.56 Å². The van der Waals surface area contributed by atoms with E-state index in [0.29, 0.717) is 28.2 Å². The molecule has 2 heterocycles. The number of aromatic nitrogens is 2. The minimum absolute atomic E-state index is 0.0950. The van der Waals surface area contributed by atoms with E-state index in [1.54, 1.807) is 0 Å². The van der Waals surface area contributed by atoms with Crippen molar-refractivity contribution in [2.45, 2.75) is 45.1 Å². The molecule has 0 bridgehead atoms. The van der Waals surface area contributed by atoms with E-state index in [1.165, 1.54) is 16.2 Å². The van der Waals surface area contributed by atoms with E-state index in [-0.39, 0.29) is 18.4 Å². The number of hydrogen-bond acceptors (Lipinski definition) is 7. The largest absolute Gasteiger partial charge is 0.461 e. The normalized spacial score (nSPS) is 13.2. The van der Waals surface area contributed by atoms with Crippen LogP contribution in [0, 0.1) is 21.7 Å². The predicted molar refractivity (Wildman–Crippen MR) is 108 cm³/mol. The van der Waals surface area contributed by atoms with Crippen LogP contribution in [0.1, 0.15) is 41.1 Å². The number of benzene rings is 1. The number of nitro groups is 1. The number of carbonyl (C=O) groups excluding carboxylic acids is 1. The van der Waals surface area contributed by atoms with E-state index in [4.69, 9.17) is 4.74 Å². The molecule has 3 aromatic rings. The molecule has 0 aliphatic heterocycles. The smallest absolute Gasteiger partial charge is 0.306 e. The summed E-state index contributed by atoms with van der Waals surface area (Å²) in [5, 5.41) is 11.2. The summed E-state index contributed by atoms with van der Waals surface area (Å²) < 4.78 is 32.6. The maximum absolute atomic E-state index is 13.9. The van der Waals surface area contributed by atoms with Crippen molar-refractivity contribution in [1.82, 2.24) is 9.97 Å². The number of fused-ring (bicyclic) bond motifs is 3. The van der Waals surface area contributed by atoms with Crippen LogP contribution in [0.5, 0.6) is 0 Å². The van der Waals surface area contributed by atoms with Gasteiger partial charge in [0, 0.05) is 11.3 Å². The lowest BCUT2D eigenvalue weighted by molar-refractivity contribution is -0.385. The number of esters is 1. The van der Waals surface area contributed by atoms with Gasteiger partial charge in [-0.3, -0.25) is 19.7 Å². The zero-order chi connectivity index (χ0) is 22.1. The van der Waals surface area contributed by atoms with E-state index < -0.39 is 40.4 Å². The number of carbonyl (C=O) groups is 1. The number of hydrogen-bond donors (Lipinski definition) is 1. The fraction of sp³-hybridized carbons (Fsp3) is 0.350. The molecule has 0 spiro atoms. The van der Waals surface area contributed by atoms with Crippen molar-refractivity contribution in [2.24, 2.45) is 0 Å². The van der Waals surface area contributed by atoms with Gasteiger partial charge in [0.1, 0.15) is 28.9 Å². The number of rotatable bonds is 6. The number of H-pyrrole nitrogens is 1. The molecule has 1 aliphatic rings. The molecule has 0 unspecified atom stereocenters. The quantitative estimate of drug-likeness (QED) is 0.348. The lowest BCUT2D eigenvalue weighted by Gasteiger charge is -2.09. The first kappa shape index (κ1) is 21.0. The molecule has 0 fully saturated rings. The number of nitrogens with zero attached hydrogens (tertiary/aromatic N) is 2. The Hall–Kier alpha value is -3.21. The van der Waals surface area contributed by atoms with E-state index in [2.05, 4.69) is 9.97 Å². The third kappa shape index (κ3) is 4.31. The number of aromatic amines is 1. The highest BCUT2D eigenvalue weighted by Crippen LogP contribution is 2.33. The molecular weight excluding hydrogens is 432 g/mol. The summed E-state index contributed by atoms with van der Waals surface area (Å²) >= 11 is 1.50. The predicted octanol–water partition coefficient (Wildman–Crippen LogP) is 3.73. The van der Waals surface area contributed by atoms with Gasteiger partial charge in [-0.25, -0.2) is 13.8 Å². The molecule has 0 saturated carbocycles. The maximum atomic E-state index is 13.9. The molecule has 0 amide bonds. The Balaban J connectivity index is 1.41. The lowest BCUT2D eigenvalue weighted by Crippen LogP contribution is -2.15. The van der Waals surface area contributed by atoms with Gasteiger partial charge in [0.2, 0.25) is 0 Å². The number of thiophene rings is 1. The number of non-ortho nitro benzene ring substituents is 1. The molecule has 1 aliphatic carbocycles. The fourth-order valence-corrected chi connectivity index (χ4v) is 4.89. The van der Waals surface area contributed by atoms with Crippen molar-refractivity contribution in [3.8, 4) is 0 Å². The average molecular weight is 449 g/mol. The first-order chi connectivity index (χ1) is 14.8. The van der Waals surface area contributed by atoms with Gasteiger partial charge in [-0.15, -0.1) is 11.3 Å². The molecule has 2 aromatic heterocycles. The first-order valence-corrected chi connectivity index (χ1v) is 10.5. The van der Waals surface area contributed by atoms with E-state index in [0.717, 1.165) is 31.2 Å². The molecule has 0 saturated heterocycles. The van der Waals surface area contributed by atoms with Crippen LogP contribution in [0.15, 0.2) is 16.9 Å². The van der Waals surface area contributed by atoms with Crippen molar-refractivity contribution in [2.75, 3.05) is 0 Å². The van der Waals surface area contributed by atoms with Gasteiger partial charge in [-0.1, -0.05) is 0 Å². The number of nitrogens with one attached hydrogen (secondary N) is 1. The minimum Gasteiger partial charge on any atom is -0.461 e. The van der Waals surface area contributed by atoms with Gasteiger partial charge >= 0.3 is 5.97 Å². The SMILES string of the molecule is O=C(CCc1nc2sc3c(c2c(=O)[nH]1)CCCC3)OCc1c(F)cc([N+](=O)[O-])cc1F. The molecule has 162 valence electrons. The summed E-state index contributed by atoms with van der Waals surface area (Å²) in [6.07, 6.45) is 3.87. The molecule has 4 rings (SSSR count). The fourth-order valence-electron chi connectivity index (χ4n) is 3.61. The van der Waals surface area contributed by atoms with Crippen molar-refractivity contribution in [1.29, 1.82) is 0 Å². The summed E-state index contributed by atoms with van der Waals surface area (Å²) in [6, 6.07) is 1.13. The average Bonchev–Trinajstić information content (AvgIpc) is 3.10. The summed E-state index contributed by atoms with van der Waals surface area (Å²) in [4.78, 5) is 43.2. The van der Waals surface area contributed by atoms with Gasteiger partial charge in [-0.05, 0) is 31.2 Å². The Bertz CT molecular complexity index is 1230. The zero-order valence-corrected chi connectivity index (χ0v) is 17.0. The third-order valence-electron chi connectivity index (χ3n) is 5.15. The number of ether oxygens (including phenoxy) is 1. The van der Waals surface area contributed by atoms with Gasteiger partial charge in [0.05, 0.1) is 34.4 Å². The van der Waals surface area contributed by atoms with Crippen molar-refractivity contribution < 1.29 is 23.2 Å². The van der Waals surface area contributed by atoms with E-state index >= 15 is 0 Å². The Morgan fingerprint density at radius 3 is 2.68 bits per heavy atom. The zero-order valence-electron chi connectivity index (χ0n) is 16.2. The molecule has 8 nitrogen and oxygen atoms in total. The summed E-state index contributed by atoms with van der Waals surface area (Å²) in [5.74, 6) is -2.75. The number of halogens is 2. The molecule has 0 atom stereocenters. The number of aryl methyl sites for hydroxylation is 3. The lowest BCUT2D eigenvalue weighted by atomic mass is 9.97. The Morgan fingerprint density at radius 2 is 1.97 bits per heavy atom. The van der Waals surface area contributed by atoms with Crippen molar-refractivity contribution >= 4 is 33.2 Å². The molecule has 1 N–H and O–H groups in total.